The molecule has 8 heteroatoms. The van der Waals surface area contributed by atoms with Crippen LogP contribution in [0.2, 0.25) is 0 Å². The number of benzene rings is 3. The second-order valence-corrected chi connectivity index (χ2v) is 8.65. The van der Waals surface area contributed by atoms with Gasteiger partial charge in [-0.2, -0.15) is 13.2 Å². The number of amides is 1. The van der Waals surface area contributed by atoms with Crippen molar-refractivity contribution in [3.8, 4) is 5.75 Å². The van der Waals surface area contributed by atoms with E-state index in [1.54, 1.807) is 17.0 Å². The Bertz CT molecular complexity index is 1150. The fourth-order valence-electron chi connectivity index (χ4n) is 4.41. The lowest BCUT2D eigenvalue weighted by molar-refractivity contribution is -0.137. The van der Waals surface area contributed by atoms with Crippen molar-refractivity contribution in [2.75, 3.05) is 26.7 Å². The Hall–Kier alpha value is -3.39. The zero-order valence-corrected chi connectivity index (χ0v) is 19.3. The largest absolute Gasteiger partial charge is 0.497 e. The predicted octanol–water partition coefficient (Wildman–Crippen LogP) is 5.42. The minimum Gasteiger partial charge on any atom is -0.497 e. The molecule has 1 aliphatic heterocycles. The van der Waals surface area contributed by atoms with Gasteiger partial charge in [0, 0.05) is 37.8 Å². The first-order valence-corrected chi connectivity index (χ1v) is 11.3. The summed E-state index contributed by atoms with van der Waals surface area (Å²) in [6.07, 6.45) is -4.15. The van der Waals surface area contributed by atoms with Gasteiger partial charge in [-0.1, -0.05) is 42.5 Å². The molecule has 4 rings (SSSR count). The highest BCUT2D eigenvalue weighted by Gasteiger charge is 2.35. The van der Waals surface area contributed by atoms with Crippen LogP contribution in [-0.4, -0.2) is 48.5 Å². The van der Waals surface area contributed by atoms with Crippen molar-refractivity contribution in [2.45, 2.75) is 25.2 Å². The SMILES string of the molecule is COc1cc(C(=O)N2CCN(Cc3ccccc3)C[C@H]2Cc2ccc(F)cc2)cc(C(F)(F)F)c1. The summed E-state index contributed by atoms with van der Waals surface area (Å²) in [5.74, 6) is -0.867. The molecule has 1 fully saturated rings. The van der Waals surface area contributed by atoms with E-state index in [1.807, 2.05) is 30.3 Å². The number of ether oxygens (including phenoxy) is 1. The Balaban J connectivity index is 1.61. The Morgan fingerprint density at radius 2 is 1.69 bits per heavy atom. The van der Waals surface area contributed by atoms with Crippen LogP contribution in [0.1, 0.15) is 27.0 Å². The molecule has 0 N–H and O–H groups in total. The number of halogens is 4. The number of rotatable bonds is 6. The lowest BCUT2D eigenvalue weighted by atomic mass is 9.99. The van der Waals surface area contributed by atoms with Crippen molar-refractivity contribution in [1.29, 1.82) is 0 Å². The van der Waals surface area contributed by atoms with Gasteiger partial charge in [-0.25, -0.2) is 4.39 Å². The Morgan fingerprint density at radius 3 is 2.34 bits per heavy atom. The summed E-state index contributed by atoms with van der Waals surface area (Å²) >= 11 is 0. The van der Waals surface area contributed by atoms with Crippen molar-refractivity contribution >= 4 is 5.91 Å². The van der Waals surface area contributed by atoms with Crippen LogP contribution in [0, 0.1) is 5.82 Å². The highest BCUT2D eigenvalue weighted by atomic mass is 19.4. The zero-order valence-electron chi connectivity index (χ0n) is 19.3. The standard InChI is InChI=1S/C27H26F4N2O2/c1-35-25-15-21(14-22(16-25)27(29,30)31)26(34)33-12-11-32(17-20-5-3-2-4-6-20)18-24(33)13-19-7-9-23(28)10-8-19/h2-10,14-16,24H,11-13,17-18H2,1H3/t24-/m1/s1. The van der Waals surface area contributed by atoms with E-state index in [-0.39, 0.29) is 23.2 Å². The van der Waals surface area contributed by atoms with E-state index in [9.17, 15) is 22.4 Å². The van der Waals surface area contributed by atoms with Crippen molar-refractivity contribution in [1.82, 2.24) is 9.80 Å². The first-order chi connectivity index (χ1) is 16.7. The number of nitrogens with zero attached hydrogens (tertiary/aromatic N) is 2. The van der Waals surface area contributed by atoms with Crippen molar-refractivity contribution < 1.29 is 27.1 Å². The van der Waals surface area contributed by atoms with Crippen LogP contribution in [0.15, 0.2) is 72.8 Å². The monoisotopic (exact) mass is 486 g/mol. The molecule has 1 amide bonds. The number of carbonyl (C=O) groups excluding carboxylic acids is 1. The maximum atomic E-state index is 13.5. The number of hydrogen-bond acceptors (Lipinski definition) is 3. The molecule has 1 atom stereocenters. The maximum absolute atomic E-state index is 13.5. The third-order valence-electron chi connectivity index (χ3n) is 6.18. The number of alkyl halides is 3. The van der Waals surface area contributed by atoms with Gasteiger partial charge in [0.2, 0.25) is 0 Å². The average molecular weight is 487 g/mol. The smallest absolute Gasteiger partial charge is 0.416 e. The normalized spacial score (nSPS) is 16.8. The van der Waals surface area contributed by atoms with E-state index in [1.165, 1.54) is 25.3 Å². The molecule has 1 aliphatic rings. The fourth-order valence-corrected chi connectivity index (χ4v) is 4.41. The van der Waals surface area contributed by atoms with E-state index in [4.69, 9.17) is 4.74 Å². The molecule has 184 valence electrons. The van der Waals surface area contributed by atoms with E-state index in [2.05, 4.69) is 4.90 Å². The predicted molar refractivity (Wildman–Crippen MR) is 125 cm³/mol. The van der Waals surface area contributed by atoms with Crippen LogP contribution in [0.5, 0.6) is 5.75 Å². The molecule has 1 heterocycles. The number of methoxy groups -OCH3 is 1. The van der Waals surface area contributed by atoms with Crippen LogP contribution >= 0.6 is 0 Å². The molecule has 0 saturated carbocycles. The second-order valence-electron chi connectivity index (χ2n) is 8.65. The van der Waals surface area contributed by atoms with E-state index < -0.39 is 17.6 Å². The van der Waals surface area contributed by atoms with Gasteiger partial charge in [-0.3, -0.25) is 9.69 Å². The molecule has 0 unspecified atom stereocenters. The van der Waals surface area contributed by atoms with Crippen LogP contribution in [0.4, 0.5) is 17.6 Å². The molecule has 3 aromatic carbocycles. The van der Waals surface area contributed by atoms with Crippen molar-refractivity contribution in [2.24, 2.45) is 0 Å². The molecule has 0 radical (unpaired) electrons. The third-order valence-corrected chi connectivity index (χ3v) is 6.18. The molecule has 0 spiro atoms. The molecule has 3 aromatic rings. The van der Waals surface area contributed by atoms with Gasteiger partial charge in [0.05, 0.1) is 12.7 Å². The molecule has 0 bridgehead atoms. The first kappa shape index (κ1) is 24.7. The fraction of sp³-hybridized carbons (Fsp3) is 0.296. The second kappa shape index (κ2) is 10.5. The minimum absolute atomic E-state index is 0.0269. The summed E-state index contributed by atoms with van der Waals surface area (Å²) in [7, 11) is 1.27. The summed E-state index contributed by atoms with van der Waals surface area (Å²) in [6.45, 7) is 2.17. The van der Waals surface area contributed by atoms with Crippen LogP contribution in [0.25, 0.3) is 0 Å². The van der Waals surface area contributed by atoms with Crippen molar-refractivity contribution in [3.05, 3.63) is 101 Å². The summed E-state index contributed by atoms with van der Waals surface area (Å²) < 4.78 is 58.7. The minimum atomic E-state index is -4.61. The number of hydrogen-bond donors (Lipinski definition) is 0. The number of piperazine rings is 1. The van der Waals surface area contributed by atoms with E-state index in [0.29, 0.717) is 32.6 Å². The van der Waals surface area contributed by atoms with Crippen LogP contribution in [-0.2, 0) is 19.1 Å². The zero-order chi connectivity index (χ0) is 25.0. The van der Waals surface area contributed by atoms with Gasteiger partial charge in [0.25, 0.3) is 5.91 Å². The lowest BCUT2D eigenvalue weighted by Gasteiger charge is -2.42. The molecule has 0 aromatic heterocycles. The van der Waals surface area contributed by atoms with E-state index >= 15 is 0 Å². The molecular weight excluding hydrogens is 460 g/mol. The highest BCUT2D eigenvalue weighted by molar-refractivity contribution is 5.95. The summed E-state index contributed by atoms with van der Waals surface area (Å²) in [5, 5.41) is 0. The summed E-state index contributed by atoms with van der Waals surface area (Å²) in [4.78, 5) is 17.3. The summed E-state index contributed by atoms with van der Waals surface area (Å²) in [5.41, 5.74) is 0.975. The van der Waals surface area contributed by atoms with Gasteiger partial charge in [-0.15, -0.1) is 0 Å². The highest BCUT2D eigenvalue weighted by Crippen LogP contribution is 2.33. The Morgan fingerprint density at radius 1 is 0.971 bits per heavy atom. The van der Waals surface area contributed by atoms with Gasteiger partial charge in [0.1, 0.15) is 11.6 Å². The Kier molecular flexibility index (Phi) is 7.40. The topological polar surface area (TPSA) is 32.8 Å². The average Bonchev–Trinajstić information content (AvgIpc) is 2.85. The Labute approximate surface area is 201 Å². The quantitative estimate of drug-likeness (QED) is 0.436. The van der Waals surface area contributed by atoms with Gasteiger partial charge < -0.3 is 9.64 Å². The van der Waals surface area contributed by atoms with Crippen LogP contribution in [0.3, 0.4) is 0 Å². The number of carbonyl (C=O) groups is 1. The maximum Gasteiger partial charge on any atom is 0.416 e. The molecular formula is C27H26F4N2O2. The van der Waals surface area contributed by atoms with Crippen molar-refractivity contribution in [3.63, 3.8) is 0 Å². The van der Waals surface area contributed by atoms with E-state index in [0.717, 1.165) is 23.3 Å². The molecule has 4 nitrogen and oxygen atoms in total. The third kappa shape index (κ3) is 6.19. The van der Waals surface area contributed by atoms with Crippen LogP contribution < -0.4 is 4.74 Å². The van der Waals surface area contributed by atoms with Gasteiger partial charge in [-0.05, 0) is 47.9 Å². The first-order valence-electron chi connectivity index (χ1n) is 11.3. The summed E-state index contributed by atoms with van der Waals surface area (Å²) in [6, 6.07) is 18.8. The molecule has 35 heavy (non-hydrogen) atoms. The molecule has 1 saturated heterocycles. The lowest BCUT2D eigenvalue weighted by Crippen LogP contribution is -2.55. The van der Waals surface area contributed by atoms with Gasteiger partial charge >= 0.3 is 6.18 Å². The van der Waals surface area contributed by atoms with Gasteiger partial charge in [0.15, 0.2) is 0 Å². The molecule has 0 aliphatic carbocycles.